The lowest BCUT2D eigenvalue weighted by atomic mass is 10.2. The lowest BCUT2D eigenvalue weighted by molar-refractivity contribution is 0.0552. The normalized spacial score (nSPS) is 11.8. The average Bonchev–Trinajstić information content (AvgIpc) is 2.80. The summed E-state index contributed by atoms with van der Waals surface area (Å²) in [5, 5.41) is -0.677. The average molecular weight is 323 g/mol. The highest BCUT2D eigenvalue weighted by molar-refractivity contribution is 7.90. The maximum absolute atomic E-state index is 12.4. The molecule has 2 aromatic rings. The van der Waals surface area contributed by atoms with Crippen molar-refractivity contribution in [1.29, 1.82) is 0 Å². The summed E-state index contributed by atoms with van der Waals surface area (Å²) in [5.41, 5.74) is 6.35. The number of carbonyl (C=O) groups excluding carboxylic acids is 1. The van der Waals surface area contributed by atoms with Gasteiger partial charge in [0.05, 0.1) is 16.3 Å². The summed E-state index contributed by atoms with van der Waals surface area (Å²) in [6, 6.07) is 4.61. The summed E-state index contributed by atoms with van der Waals surface area (Å²) in [6.07, 6.45) is 1.44. The minimum Gasteiger partial charge on any atom is -0.458 e. The molecule has 22 heavy (non-hydrogen) atoms. The zero-order chi connectivity index (χ0) is 16.5. The topological polar surface area (TPSA) is 104 Å². The first kappa shape index (κ1) is 16.0. The first-order chi connectivity index (χ1) is 10.3. The van der Waals surface area contributed by atoms with E-state index in [0.717, 1.165) is 3.97 Å². The van der Waals surface area contributed by atoms with Gasteiger partial charge in [-0.25, -0.2) is 22.2 Å². The van der Waals surface area contributed by atoms with Crippen LogP contribution in [-0.2, 0) is 14.8 Å². The third-order valence-electron chi connectivity index (χ3n) is 3.07. The Morgan fingerprint density at radius 2 is 2.18 bits per heavy atom. The van der Waals surface area contributed by atoms with Gasteiger partial charge in [0.2, 0.25) is 16.0 Å². The minimum absolute atomic E-state index is 0.0513. The molecule has 1 aromatic carbocycles. The van der Waals surface area contributed by atoms with Gasteiger partial charge in [0.25, 0.3) is 0 Å². The Hall–Kier alpha value is -2.35. The van der Waals surface area contributed by atoms with Crippen LogP contribution in [0, 0.1) is 0 Å². The molecule has 0 amide bonds. The summed E-state index contributed by atoms with van der Waals surface area (Å²) in [7, 11) is -3.69. The molecular formula is C14H17N3O4S. The van der Waals surface area contributed by atoms with Crippen LogP contribution in [0.1, 0.15) is 24.2 Å². The Bertz CT molecular complexity index is 837. The Morgan fingerprint density at radius 1 is 1.50 bits per heavy atom. The fourth-order valence-corrected chi connectivity index (χ4v) is 3.10. The molecule has 0 aliphatic heterocycles. The predicted molar refractivity (Wildman–Crippen MR) is 84.1 cm³/mol. The molecule has 0 spiro atoms. The van der Waals surface area contributed by atoms with Gasteiger partial charge in [0.1, 0.15) is 12.1 Å². The number of rotatable bonds is 5. The third-order valence-corrected chi connectivity index (χ3v) is 5.15. The fourth-order valence-electron chi connectivity index (χ4n) is 1.95. The van der Waals surface area contributed by atoms with Gasteiger partial charge in [0, 0.05) is 0 Å². The molecule has 0 bridgehead atoms. The third kappa shape index (κ3) is 2.57. The highest BCUT2D eigenvalue weighted by Gasteiger charge is 2.26. The van der Waals surface area contributed by atoms with E-state index in [1.807, 2.05) is 0 Å². The molecule has 7 nitrogen and oxygen atoms in total. The molecule has 1 aromatic heterocycles. The van der Waals surface area contributed by atoms with E-state index in [1.54, 1.807) is 26.0 Å². The molecular weight excluding hydrogens is 306 g/mol. The molecule has 0 aliphatic carbocycles. The number of nitrogens with two attached hydrogens (primary N) is 1. The SMILES string of the molecule is C=CCOC(=O)c1cccc2c1nc(N)n2S(=O)(=O)C(C)C. The molecule has 0 aliphatic rings. The van der Waals surface area contributed by atoms with E-state index in [1.165, 1.54) is 12.1 Å². The monoisotopic (exact) mass is 323 g/mol. The molecule has 0 atom stereocenters. The van der Waals surface area contributed by atoms with Crippen molar-refractivity contribution in [2.45, 2.75) is 19.1 Å². The number of ether oxygens (including phenoxy) is 1. The molecule has 0 radical (unpaired) electrons. The smallest absolute Gasteiger partial charge is 0.340 e. The van der Waals surface area contributed by atoms with Crippen molar-refractivity contribution in [2.24, 2.45) is 0 Å². The number of nitrogen functional groups attached to an aromatic ring is 1. The standard InChI is InChI=1S/C14H17N3O4S/c1-4-8-21-13(18)10-6-5-7-11-12(10)16-14(15)17(11)22(19,20)9(2)3/h4-7,9H,1,8H2,2-3H3,(H2,15,16). The van der Waals surface area contributed by atoms with Gasteiger partial charge in [-0.2, -0.15) is 0 Å². The van der Waals surface area contributed by atoms with E-state index >= 15 is 0 Å². The van der Waals surface area contributed by atoms with Gasteiger partial charge in [0.15, 0.2) is 0 Å². The van der Waals surface area contributed by atoms with E-state index < -0.39 is 21.2 Å². The number of esters is 1. The van der Waals surface area contributed by atoms with E-state index in [4.69, 9.17) is 10.5 Å². The first-order valence-corrected chi connectivity index (χ1v) is 8.10. The van der Waals surface area contributed by atoms with Crippen LogP contribution in [0.25, 0.3) is 11.0 Å². The number of aromatic nitrogens is 2. The second-order valence-electron chi connectivity index (χ2n) is 4.89. The zero-order valence-corrected chi connectivity index (χ0v) is 13.1. The molecule has 118 valence electrons. The Labute approximate surface area is 128 Å². The van der Waals surface area contributed by atoms with Crippen molar-refractivity contribution >= 4 is 33.0 Å². The van der Waals surface area contributed by atoms with Gasteiger partial charge in [-0.15, -0.1) is 0 Å². The van der Waals surface area contributed by atoms with E-state index in [2.05, 4.69) is 11.6 Å². The Morgan fingerprint density at radius 3 is 2.77 bits per heavy atom. The van der Waals surface area contributed by atoms with Crippen molar-refractivity contribution in [1.82, 2.24) is 8.96 Å². The number of anilines is 1. The number of imidazole rings is 1. The number of para-hydroxylation sites is 1. The highest BCUT2D eigenvalue weighted by Crippen LogP contribution is 2.25. The van der Waals surface area contributed by atoms with Crippen LogP contribution in [0.5, 0.6) is 0 Å². The van der Waals surface area contributed by atoms with Crippen molar-refractivity contribution in [3.05, 3.63) is 36.4 Å². The van der Waals surface area contributed by atoms with Crippen LogP contribution < -0.4 is 5.73 Å². The number of fused-ring (bicyclic) bond motifs is 1. The summed E-state index contributed by atoms with van der Waals surface area (Å²) in [4.78, 5) is 16.0. The minimum atomic E-state index is -3.69. The maximum atomic E-state index is 12.4. The molecule has 0 saturated heterocycles. The van der Waals surface area contributed by atoms with Crippen molar-refractivity contribution < 1.29 is 17.9 Å². The lowest BCUT2D eigenvalue weighted by Crippen LogP contribution is -2.23. The second-order valence-corrected chi connectivity index (χ2v) is 7.23. The van der Waals surface area contributed by atoms with Gasteiger partial charge < -0.3 is 10.5 Å². The first-order valence-electron chi connectivity index (χ1n) is 6.60. The van der Waals surface area contributed by atoms with Gasteiger partial charge >= 0.3 is 5.97 Å². The van der Waals surface area contributed by atoms with E-state index in [-0.39, 0.29) is 29.2 Å². The Balaban J connectivity index is 2.68. The summed E-state index contributed by atoms with van der Waals surface area (Å²) < 4.78 is 30.7. The van der Waals surface area contributed by atoms with Crippen molar-refractivity contribution in [2.75, 3.05) is 12.3 Å². The van der Waals surface area contributed by atoms with Crippen LogP contribution in [0.2, 0.25) is 0 Å². The van der Waals surface area contributed by atoms with Crippen LogP contribution >= 0.6 is 0 Å². The second kappa shape index (κ2) is 5.80. The number of hydrogen-bond acceptors (Lipinski definition) is 6. The van der Waals surface area contributed by atoms with Crippen molar-refractivity contribution in [3.63, 3.8) is 0 Å². The van der Waals surface area contributed by atoms with Gasteiger partial charge in [-0.05, 0) is 26.0 Å². The van der Waals surface area contributed by atoms with Crippen molar-refractivity contribution in [3.8, 4) is 0 Å². The lowest BCUT2D eigenvalue weighted by Gasteiger charge is -2.11. The Kier molecular flexibility index (Phi) is 4.23. The highest BCUT2D eigenvalue weighted by atomic mass is 32.2. The fraction of sp³-hybridized carbons (Fsp3) is 0.286. The molecule has 2 rings (SSSR count). The predicted octanol–water partition coefficient (Wildman–Crippen LogP) is 1.55. The summed E-state index contributed by atoms with van der Waals surface area (Å²) in [5.74, 6) is -0.801. The van der Waals surface area contributed by atoms with Crippen LogP contribution in [-0.4, -0.2) is 35.2 Å². The number of hydrogen-bond donors (Lipinski definition) is 1. The van der Waals surface area contributed by atoms with Crippen LogP contribution in [0.15, 0.2) is 30.9 Å². The summed E-state index contributed by atoms with van der Waals surface area (Å²) in [6.45, 7) is 6.60. The van der Waals surface area contributed by atoms with Crippen LogP contribution in [0.4, 0.5) is 5.95 Å². The number of nitrogens with zero attached hydrogens (tertiary/aromatic N) is 2. The number of benzene rings is 1. The zero-order valence-electron chi connectivity index (χ0n) is 12.3. The molecule has 1 heterocycles. The molecule has 2 N–H and O–H groups in total. The molecule has 0 unspecified atom stereocenters. The van der Waals surface area contributed by atoms with E-state index in [9.17, 15) is 13.2 Å². The van der Waals surface area contributed by atoms with Crippen LogP contribution in [0.3, 0.4) is 0 Å². The molecule has 0 saturated carbocycles. The van der Waals surface area contributed by atoms with Gasteiger partial charge in [-0.3, -0.25) is 0 Å². The summed E-state index contributed by atoms with van der Waals surface area (Å²) >= 11 is 0. The number of carbonyl (C=O) groups is 1. The molecule has 8 heteroatoms. The quantitative estimate of drug-likeness (QED) is 0.661. The largest absolute Gasteiger partial charge is 0.458 e. The van der Waals surface area contributed by atoms with Gasteiger partial charge in [-0.1, -0.05) is 18.7 Å². The molecule has 0 fully saturated rings. The van der Waals surface area contributed by atoms with E-state index in [0.29, 0.717) is 0 Å². The maximum Gasteiger partial charge on any atom is 0.340 e.